The Morgan fingerprint density at radius 1 is 0.920 bits per heavy atom. The molecule has 4 N–H and O–H groups in total. The molecule has 5 atom stereocenters. The molecule has 0 aromatic rings. The van der Waals surface area contributed by atoms with Crippen molar-refractivity contribution in [3.63, 3.8) is 0 Å². The second-order valence-electron chi connectivity index (χ2n) is 15.3. The zero-order valence-corrected chi connectivity index (χ0v) is 32.6. The first-order chi connectivity index (χ1) is 23.3. The predicted octanol–water partition coefficient (Wildman–Crippen LogP) is 2.56. The predicted molar refractivity (Wildman–Crippen MR) is 193 cm³/mol. The summed E-state index contributed by atoms with van der Waals surface area (Å²) in [6.07, 6.45) is 6.86. The number of nitrogens with zero attached hydrogens (tertiary/aromatic N) is 2. The Balaban J connectivity index is 2.16. The topological polar surface area (TPSA) is 183 Å². The lowest BCUT2D eigenvalue weighted by Crippen LogP contribution is -2.59. The minimum Gasteiger partial charge on any atom is -0.385 e. The molecule has 15 heteroatoms. The third-order valence-corrected chi connectivity index (χ3v) is 11.6. The van der Waals surface area contributed by atoms with Crippen molar-refractivity contribution < 1.29 is 37.1 Å². The molecule has 0 spiro atoms. The first-order valence-corrected chi connectivity index (χ1v) is 19.9. The summed E-state index contributed by atoms with van der Waals surface area (Å²) in [6.45, 7) is 13.7. The van der Waals surface area contributed by atoms with E-state index >= 15 is 0 Å². The molecule has 1 heterocycles. The summed E-state index contributed by atoms with van der Waals surface area (Å²) >= 11 is 0. The summed E-state index contributed by atoms with van der Waals surface area (Å²) in [5, 5.41) is 11.1. The van der Waals surface area contributed by atoms with Gasteiger partial charge in [0.05, 0.1) is 11.8 Å². The Morgan fingerprint density at radius 2 is 1.54 bits per heavy atom. The van der Waals surface area contributed by atoms with Gasteiger partial charge in [-0.3, -0.25) is 19.2 Å². The molecule has 2 rings (SSSR count). The Hall–Kier alpha value is -2.78. The Labute approximate surface area is 300 Å². The molecule has 5 amide bonds. The number of urea groups is 1. The highest BCUT2D eigenvalue weighted by atomic mass is 32.2. The Morgan fingerprint density at radius 3 is 2.10 bits per heavy atom. The molecule has 288 valence electrons. The fourth-order valence-corrected chi connectivity index (χ4v) is 7.04. The molecule has 1 saturated carbocycles. The molecule has 1 saturated heterocycles. The highest BCUT2D eigenvalue weighted by Crippen LogP contribution is 2.32. The zero-order valence-electron chi connectivity index (χ0n) is 31.8. The highest BCUT2D eigenvalue weighted by molar-refractivity contribution is 7.89. The number of hydrogen-bond acceptors (Lipinski definition) is 8. The first kappa shape index (κ1) is 43.4. The van der Waals surface area contributed by atoms with Crippen LogP contribution in [0.4, 0.5) is 4.79 Å². The van der Waals surface area contributed by atoms with Crippen molar-refractivity contribution in [1.29, 1.82) is 0 Å². The Kier molecular flexibility index (Phi) is 17.1. The van der Waals surface area contributed by atoms with Gasteiger partial charge in [0.25, 0.3) is 5.91 Å². The van der Waals surface area contributed by atoms with Crippen molar-refractivity contribution in [2.45, 2.75) is 136 Å². The van der Waals surface area contributed by atoms with E-state index in [9.17, 15) is 32.4 Å². The number of rotatable bonds is 21. The van der Waals surface area contributed by atoms with Crippen LogP contribution in [0.3, 0.4) is 0 Å². The largest absolute Gasteiger partial charge is 0.385 e. The number of likely N-dealkylation sites (N-methyl/N-ethyl adjacent to an activating group) is 1. The summed E-state index contributed by atoms with van der Waals surface area (Å²) < 4.78 is 31.1. The van der Waals surface area contributed by atoms with Crippen molar-refractivity contribution in [2.24, 2.45) is 17.3 Å². The zero-order chi connectivity index (χ0) is 37.8. The number of amides is 5. The number of ketones is 1. The van der Waals surface area contributed by atoms with Crippen LogP contribution in [0.1, 0.15) is 106 Å². The van der Waals surface area contributed by atoms with Gasteiger partial charge in [-0.25, -0.2) is 17.5 Å². The van der Waals surface area contributed by atoms with Crippen LogP contribution < -0.4 is 21.3 Å². The smallest absolute Gasteiger partial charge is 0.315 e. The molecular weight excluding hydrogens is 664 g/mol. The lowest BCUT2D eigenvalue weighted by molar-refractivity contribution is -0.143. The van der Waals surface area contributed by atoms with Crippen LogP contribution in [0.5, 0.6) is 0 Å². The number of carbonyl (C=O) groups excluding carboxylic acids is 5. The number of methoxy groups -OCH3 is 1. The van der Waals surface area contributed by atoms with E-state index in [1.807, 2.05) is 34.6 Å². The van der Waals surface area contributed by atoms with Crippen LogP contribution in [0.15, 0.2) is 0 Å². The van der Waals surface area contributed by atoms with E-state index in [-0.39, 0.29) is 30.2 Å². The molecule has 0 aromatic heterocycles. The van der Waals surface area contributed by atoms with Crippen LogP contribution >= 0.6 is 0 Å². The number of ether oxygens (including phenoxy) is 1. The van der Waals surface area contributed by atoms with Crippen LogP contribution in [-0.2, 0) is 33.9 Å². The molecule has 1 aliphatic heterocycles. The summed E-state index contributed by atoms with van der Waals surface area (Å²) in [5.41, 5.74) is -0.502. The van der Waals surface area contributed by atoms with Crippen molar-refractivity contribution in [2.75, 3.05) is 39.6 Å². The lowest BCUT2D eigenvalue weighted by Gasteiger charge is -2.35. The third-order valence-electron chi connectivity index (χ3n) is 9.81. The summed E-state index contributed by atoms with van der Waals surface area (Å²) in [5.74, 6) is -2.55. The molecule has 14 nitrogen and oxygen atoms in total. The van der Waals surface area contributed by atoms with Crippen molar-refractivity contribution in [1.82, 2.24) is 30.5 Å². The van der Waals surface area contributed by atoms with E-state index in [0.29, 0.717) is 32.4 Å². The fourth-order valence-electron chi connectivity index (χ4n) is 6.23. The van der Waals surface area contributed by atoms with Crippen LogP contribution in [0.25, 0.3) is 0 Å². The van der Waals surface area contributed by atoms with E-state index in [4.69, 9.17) is 4.74 Å². The first-order valence-electron chi connectivity index (χ1n) is 18.3. The lowest BCUT2D eigenvalue weighted by atomic mass is 9.87. The average Bonchev–Trinajstić information content (AvgIpc) is 3.74. The number of hydrogen-bond donors (Lipinski definition) is 4. The summed E-state index contributed by atoms with van der Waals surface area (Å²) in [7, 11) is -0.350. The molecule has 1 aliphatic carbocycles. The van der Waals surface area contributed by atoms with E-state index in [2.05, 4.69) is 21.3 Å². The maximum atomic E-state index is 14.0. The van der Waals surface area contributed by atoms with E-state index in [1.165, 1.54) is 16.3 Å². The van der Waals surface area contributed by atoms with Gasteiger partial charge in [0.2, 0.25) is 27.6 Å². The highest BCUT2D eigenvalue weighted by Gasteiger charge is 2.45. The number of unbranched alkanes of at least 4 members (excludes halogenated alkanes) is 4. The minimum atomic E-state index is -3.48. The van der Waals surface area contributed by atoms with Crippen molar-refractivity contribution in [3.8, 4) is 0 Å². The second kappa shape index (κ2) is 19.7. The molecule has 0 aromatic carbocycles. The van der Waals surface area contributed by atoms with Crippen LogP contribution in [0.2, 0.25) is 0 Å². The molecule has 0 unspecified atom stereocenters. The quantitative estimate of drug-likeness (QED) is 0.103. The monoisotopic (exact) mass is 728 g/mol. The normalized spacial score (nSPS) is 19.9. The maximum Gasteiger partial charge on any atom is 0.315 e. The fraction of sp³-hybridized carbons (Fsp3) is 0.857. The standard InChI is InChI=1S/C35H64N6O8S/c1-10-50(47,48)40(8)22-28(35(5,6)7)39-34(46)36-24(4)33(45)41-20-19-26(23(2)3)29(41)31(43)38-27(16-14-12-11-13-15-21-49-9)30(42)32(44)37-25-17-18-25/h23-29H,10-22H2,1-9H3,(H,37,44)(H,38,43)(H2,36,39,46)/t24-,26+,27-,28+,29-/m0/s1. The molecular formula is C35H64N6O8S. The molecule has 0 radical (unpaired) electrons. The van der Waals surface area contributed by atoms with Gasteiger partial charge in [-0.05, 0) is 63.2 Å². The molecule has 50 heavy (non-hydrogen) atoms. The average molecular weight is 729 g/mol. The van der Waals surface area contributed by atoms with Crippen molar-refractivity contribution in [3.05, 3.63) is 0 Å². The third kappa shape index (κ3) is 13.4. The van der Waals surface area contributed by atoms with Gasteiger partial charge in [-0.2, -0.15) is 0 Å². The van der Waals surface area contributed by atoms with Gasteiger partial charge in [-0.15, -0.1) is 0 Å². The number of carbonyl (C=O) groups is 5. The van der Waals surface area contributed by atoms with E-state index in [0.717, 1.165) is 38.5 Å². The summed E-state index contributed by atoms with van der Waals surface area (Å²) in [6, 6.07) is -4.12. The van der Waals surface area contributed by atoms with Gasteiger partial charge in [-0.1, -0.05) is 60.3 Å². The second-order valence-corrected chi connectivity index (χ2v) is 17.7. The van der Waals surface area contributed by atoms with Gasteiger partial charge < -0.3 is 30.9 Å². The van der Waals surface area contributed by atoms with Gasteiger partial charge in [0, 0.05) is 45.9 Å². The number of Topliss-reactive ketones (excluding diaryl/α,β-unsaturated/α-hetero) is 1. The molecule has 2 aliphatic rings. The van der Waals surface area contributed by atoms with Gasteiger partial charge in [0.1, 0.15) is 12.1 Å². The number of nitrogens with one attached hydrogen (secondary N) is 4. The van der Waals surface area contributed by atoms with E-state index in [1.54, 1.807) is 21.0 Å². The maximum absolute atomic E-state index is 14.0. The Bertz CT molecular complexity index is 1270. The van der Waals surface area contributed by atoms with Gasteiger partial charge in [0.15, 0.2) is 0 Å². The van der Waals surface area contributed by atoms with Gasteiger partial charge >= 0.3 is 6.03 Å². The SMILES string of the molecule is CCS(=O)(=O)N(C)C[C@@H](NC(=O)N[C@@H](C)C(=O)N1CC[C@H](C(C)C)[C@H]1C(=O)N[C@@H](CCCCCCCOC)C(=O)C(=O)NC1CC1)C(C)(C)C. The minimum absolute atomic E-state index is 0.00740. The molecule has 2 fully saturated rings. The van der Waals surface area contributed by atoms with E-state index < -0.39 is 69.1 Å². The van der Waals surface area contributed by atoms with Crippen LogP contribution in [0, 0.1) is 17.3 Å². The van der Waals surface area contributed by atoms with Crippen LogP contribution in [-0.4, -0.2) is 117 Å². The summed E-state index contributed by atoms with van der Waals surface area (Å²) in [4.78, 5) is 68.6. The number of sulfonamides is 1. The number of likely N-dealkylation sites (tertiary alicyclic amines) is 1. The molecule has 0 bridgehead atoms. The van der Waals surface area contributed by atoms with Crippen molar-refractivity contribution >= 4 is 39.6 Å².